The van der Waals surface area contributed by atoms with Gasteiger partial charge in [0, 0.05) is 37.2 Å². The van der Waals surface area contributed by atoms with E-state index < -0.39 is 0 Å². The van der Waals surface area contributed by atoms with Gasteiger partial charge in [0.15, 0.2) is 0 Å². The van der Waals surface area contributed by atoms with Crippen LogP contribution in [0.25, 0.3) is 11.3 Å². The molecule has 0 radical (unpaired) electrons. The largest absolute Gasteiger partial charge is 0.396 e. The lowest BCUT2D eigenvalue weighted by Crippen LogP contribution is -2.62. The molecule has 26 heavy (non-hydrogen) atoms. The van der Waals surface area contributed by atoms with Crippen LogP contribution in [-0.4, -0.2) is 58.0 Å². The van der Waals surface area contributed by atoms with Crippen LogP contribution in [0.5, 0.6) is 0 Å². The van der Waals surface area contributed by atoms with Crippen LogP contribution in [0, 0.1) is 5.41 Å². The summed E-state index contributed by atoms with van der Waals surface area (Å²) in [7, 11) is 1.82. The number of carbonyl (C=O) groups is 1. The number of rotatable bonds is 3. The molecule has 0 spiro atoms. The summed E-state index contributed by atoms with van der Waals surface area (Å²) in [5, 5.41) is 18.1. The molecular formula is C20H26N4O2. The first-order valence-corrected chi connectivity index (χ1v) is 9.36. The average Bonchev–Trinajstić information content (AvgIpc) is 3.09. The Labute approximate surface area is 153 Å². The van der Waals surface area contributed by atoms with Gasteiger partial charge < -0.3 is 15.3 Å². The SMILES string of the molecule is Cn1nc(-c2ccccc2)cc1C(=O)N1CC[C@@H]2NCCC[C@@]2(CO)C1. The fourth-order valence-electron chi connectivity index (χ4n) is 4.44. The molecule has 2 fully saturated rings. The van der Waals surface area contributed by atoms with Crippen molar-refractivity contribution in [2.45, 2.75) is 25.3 Å². The van der Waals surface area contributed by atoms with E-state index in [9.17, 15) is 9.90 Å². The lowest BCUT2D eigenvalue weighted by atomic mass is 9.70. The van der Waals surface area contributed by atoms with Gasteiger partial charge in [-0.15, -0.1) is 0 Å². The van der Waals surface area contributed by atoms with Gasteiger partial charge in [0.1, 0.15) is 5.69 Å². The lowest BCUT2D eigenvalue weighted by Gasteiger charge is -2.50. The lowest BCUT2D eigenvalue weighted by molar-refractivity contribution is -0.0141. The first kappa shape index (κ1) is 17.2. The molecule has 2 aliphatic heterocycles. The van der Waals surface area contributed by atoms with Crippen LogP contribution in [0.3, 0.4) is 0 Å². The van der Waals surface area contributed by atoms with Gasteiger partial charge in [-0.05, 0) is 31.9 Å². The van der Waals surface area contributed by atoms with E-state index in [4.69, 9.17) is 0 Å². The summed E-state index contributed by atoms with van der Waals surface area (Å²) < 4.78 is 1.67. The number of nitrogens with one attached hydrogen (secondary N) is 1. The van der Waals surface area contributed by atoms with Gasteiger partial charge in [0.25, 0.3) is 5.91 Å². The van der Waals surface area contributed by atoms with Crippen molar-refractivity contribution in [1.29, 1.82) is 0 Å². The van der Waals surface area contributed by atoms with E-state index >= 15 is 0 Å². The van der Waals surface area contributed by atoms with Crippen LogP contribution in [0.2, 0.25) is 0 Å². The summed E-state index contributed by atoms with van der Waals surface area (Å²) in [5.74, 6) is -0.000899. The smallest absolute Gasteiger partial charge is 0.272 e. The molecule has 2 N–H and O–H groups in total. The van der Waals surface area contributed by atoms with Crippen molar-refractivity contribution in [2.75, 3.05) is 26.2 Å². The van der Waals surface area contributed by atoms with Crippen LogP contribution in [0.4, 0.5) is 0 Å². The Balaban J connectivity index is 1.57. The number of likely N-dealkylation sites (tertiary alicyclic amines) is 1. The van der Waals surface area contributed by atoms with Crippen molar-refractivity contribution in [2.24, 2.45) is 12.5 Å². The Morgan fingerprint density at radius 1 is 1.38 bits per heavy atom. The van der Waals surface area contributed by atoms with E-state index in [0.29, 0.717) is 24.8 Å². The van der Waals surface area contributed by atoms with E-state index in [1.54, 1.807) is 4.68 Å². The number of benzene rings is 1. The van der Waals surface area contributed by atoms with Crippen molar-refractivity contribution < 1.29 is 9.90 Å². The number of hydrogen-bond donors (Lipinski definition) is 2. The highest BCUT2D eigenvalue weighted by Gasteiger charge is 2.45. The van der Waals surface area contributed by atoms with Gasteiger partial charge in [0.2, 0.25) is 0 Å². The molecule has 0 aliphatic carbocycles. The average molecular weight is 354 g/mol. The molecule has 1 aromatic carbocycles. The fraction of sp³-hybridized carbons (Fsp3) is 0.500. The molecule has 2 aromatic rings. The van der Waals surface area contributed by atoms with Crippen LogP contribution in [0.15, 0.2) is 36.4 Å². The van der Waals surface area contributed by atoms with Crippen LogP contribution >= 0.6 is 0 Å². The van der Waals surface area contributed by atoms with E-state index in [1.807, 2.05) is 48.3 Å². The maximum Gasteiger partial charge on any atom is 0.272 e. The molecule has 2 aliphatic rings. The molecule has 0 unspecified atom stereocenters. The van der Waals surface area contributed by atoms with Crippen LogP contribution < -0.4 is 5.32 Å². The summed E-state index contributed by atoms with van der Waals surface area (Å²) in [6, 6.07) is 12.1. The molecule has 6 nitrogen and oxygen atoms in total. The van der Waals surface area contributed by atoms with E-state index in [0.717, 1.165) is 37.1 Å². The summed E-state index contributed by atoms with van der Waals surface area (Å²) in [4.78, 5) is 15.1. The predicted octanol–water partition coefficient (Wildman–Crippen LogP) is 1.66. The summed E-state index contributed by atoms with van der Waals surface area (Å²) in [6.07, 6.45) is 2.89. The third kappa shape index (κ3) is 2.93. The maximum absolute atomic E-state index is 13.2. The van der Waals surface area contributed by atoms with Crippen molar-refractivity contribution in [1.82, 2.24) is 20.0 Å². The fourth-order valence-corrected chi connectivity index (χ4v) is 4.44. The van der Waals surface area contributed by atoms with Crippen LogP contribution in [-0.2, 0) is 7.05 Å². The molecular weight excluding hydrogens is 328 g/mol. The number of aryl methyl sites for hydroxylation is 1. The predicted molar refractivity (Wildman–Crippen MR) is 99.7 cm³/mol. The Morgan fingerprint density at radius 2 is 2.19 bits per heavy atom. The Kier molecular flexibility index (Phi) is 4.54. The molecule has 3 heterocycles. The first-order chi connectivity index (χ1) is 12.6. The van der Waals surface area contributed by atoms with E-state index in [-0.39, 0.29) is 17.9 Å². The normalized spacial score (nSPS) is 25.8. The third-order valence-corrected chi connectivity index (χ3v) is 5.95. The number of hydrogen-bond acceptors (Lipinski definition) is 4. The Morgan fingerprint density at radius 3 is 2.96 bits per heavy atom. The van der Waals surface area contributed by atoms with Crippen molar-refractivity contribution in [3.8, 4) is 11.3 Å². The minimum absolute atomic E-state index is 0.000899. The number of amides is 1. The maximum atomic E-state index is 13.2. The van der Waals surface area contributed by atoms with Gasteiger partial charge in [-0.3, -0.25) is 9.48 Å². The first-order valence-electron chi connectivity index (χ1n) is 9.36. The summed E-state index contributed by atoms with van der Waals surface area (Å²) in [5.41, 5.74) is 2.19. The monoisotopic (exact) mass is 354 g/mol. The van der Waals surface area contributed by atoms with Crippen molar-refractivity contribution in [3.63, 3.8) is 0 Å². The third-order valence-electron chi connectivity index (χ3n) is 5.95. The number of piperidine rings is 2. The Bertz CT molecular complexity index is 788. The number of aromatic nitrogens is 2. The second-order valence-electron chi connectivity index (χ2n) is 7.55. The molecule has 2 saturated heterocycles. The minimum atomic E-state index is -0.215. The zero-order valence-corrected chi connectivity index (χ0v) is 15.2. The zero-order chi connectivity index (χ0) is 18.1. The highest BCUT2D eigenvalue weighted by molar-refractivity contribution is 5.93. The summed E-state index contributed by atoms with van der Waals surface area (Å²) >= 11 is 0. The molecule has 6 heteroatoms. The highest BCUT2D eigenvalue weighted by atomic mass is 16.3. The van der Waals surface area contributed by atoms with Crippen molar-refractivity contribution in [3.05, 3.63) is 42.1 Å². The van der Waals surface area contributed by atoms with Crippen molar-refractivity contribution >= 4 is 5.91 Å². The molecule has 2 atom stereocenters. The quantitative estimate of drug-likeness (QED) is 0.880. The molecule has 138 valence electrons. The van der Waals surface area contributed by atoms with Gasteiger partial charge in [-0.1, -0.05) is 30.3 Å². The van der Waals surface area contributed by atoms with Gasteiger partial charge >= 0.3 is 0 Å². The second kappa shape index (κ2) is 6.85. The van der Waals surface area contributed by atoms with Gasteiger partial charge in [0.05, 0.1) is 12.3 Å². The number of nitrogens with zero attached hydrogens (tertiary/aromatic N) is 3. The van der Waals surface area contributed by atoms with Gasteiger partial charge in [-0.25, -0.2) is 0 Å². The zero-order valence-electron chi connectivity index (χ0n) is 15.2. The number of aliphatic hydroxyl groups is 1. The van der Waals surface area contributed by atoms with E-state index in [2.05, 4.69) is 10.4 Å². The second-order valence-corrected chi connectivity index (χ2v) is 7.55. The molecule has 1 aromatic heterocycles. The number of aliphatic hydroxyl groups excluding tert-OH is 1. The van der Waals surface area contributed by atoms with Crippen LogP contribution in [0.1, 0.15) is 29.8 Å². The molecule has 0 saturated carbocycles. The number of fused-ring (bicyclic) bond motifs is 1. The Hall–Kier alpha value is -2.18. The topological polar surface area (TPSA) is 70.4 Å². The summed E-state index contributed by atoms with van der Waals surface area (Å²) in [6.45, 7) is 2.44. The standard InChI is InChI=1S/C20H26N4O2/c1-23-17(12-16(22-23)15-6-3-2-4-7-15)19(26)24-11-8-18-20(13-24,14-25)9-5-10-21-18/h2-4,6-7,12,18,21,25H,5,8-11,13-14H2,1H3/t18-,20-/m0/s1. The van der Waals surface area contributed by atoms with Gasteiger partial charge in [-0.2, -0.15) is 5.10 Å². The molecule has 1 amide bonds. The molecule has 0 bridgehead atoms. The van der Waals surface area contributed by atoms with E-state index in [1.165, 1.54) is 0 Å². The highest BCUT2D eigenvalue weighted by Crippen LogP contribution is 2.37. The number of carbonyl (C=O) groups excluding carboxylic acids is 1. The minimum Gasteiger partial charge on any atom is -0.396 e. The molecule has 4 rings (SSSR count).